The molecule has 0 fully saturated rings. The molecule has 1 aliphatic rings. The quantitative estimate of drug-likeness (QED) is 0.435. The number of rotatable bonds is 0. The fourth-order valence-electron chi connectivity index (χ4n) is 4.02. The minimum absolute atomic E-state index is 0.106. The molecule has 0 radical (unpaired) electrons. The Morgan fingerprint density at radius 1 is 1.27 bits per heavy atom. The maximum Gasteiger partial charge on any atom is 0.355 e. The molecule has 2 bridgehead atoms. The lowest BCUT2D eigenvalue weighted by molar-refractivity contribution is 0.227. The van der Waals surface area contributed by atoms with Crippen molar-refractivity contribution in [3.05, 3.63) is 75.9 Å². The maximum atomic E-state index is 14.2. The van der Waals surface area contributed by atoms with Crippen molar-refractivity contribution in [1.29, 1.82) is 5.26 Å². The lowest BCUT2D eigenvalue weighted by Crippen LogP contribution is -2.27. The summed E-state index contributed by atoms with van der Waals surface area (Å²) in [5, 5.41) is 14.3. The van der Waals surface area contributed by atoms with Crippen LogP contribution in [0, 0.1) is 17.1 Å². The van der Waals surface area contributed by atoms with E-state index in [-0.39, 0.29) is 18.0 Å². The lowest BCUT2D eigenvalue weighted by atomic mass is 10.0. The van der Waals surface area contributed by atoms with Crippen molar-refractivity contribution in [3.63, 3.8) is 0 Å². The molecule has 0 spiro atoms. The number of ether oxygens (including phenoxy) is 1. The number of aryl methyl sites for hydroxylation is 1. The summed E-state index contributed by atoms with van der Waals surface area (Å²) in [6, 6.07) is 7.85. The Morgan fingerprint density at radius 2 is 2.09 bits per heavy atom. The molecule has 164 valence electrons. The van der Waals surface area contributed by atoms with E-state index in [0.29, 0.717) is 39.6 Å². The third-order valence-corrected chi connectivity index (χ3v) is 5.52. The molecular formula is C22H17FN8O2. The number of anilines is 1. The molecule has 1 aromatic carbocycles. The van der Waals surface area contributed by atoms with Gasteiger partial charge in [-0.2, -0.15) is 15.3 Å². The topological polar surface area (TPSA) is 138 Å². The number of fused-ring (bicyclic) bond motifs is 7. The number of halogens is 1. The zero-order valence-corrected chi connectivity index (χ0v) is 17.7. The van der Waals surface area contributed by atoms with Gasteiger partial charge >= 0.3 is 5.69 Å². The van der Waals surface area contributed by atoms with Crippen molar-refractivity contribution in [3.8, 4) is 28.6 Å². The van der Waals surface area contributed by atoms with Crippen molar-refractivity contribution in [2.24, 2.45) is 7.05 Å². The van der Waals surface area contributed by atoms with Crippen molar-refractivity contribution < 1.29 is 9.13 Å². The van der Waals surface area contributed by atoms with Crippen molar-refractivity contribution in [2.45, 2.75) is 19.4 Å². The van der Waals surface area contributed by atoms with Crippen molar-refractivity contribution >= 4 is 5.82 Å². The summed E-state index contributed by atoms with van der Waals surface area (Å²) in [5.41, 5.74) is 8.12. The molecule has 5 rings (SSSR count). The molecule has 0 saturated heterocycles. The van der Waals surface area contributed by atoms with Crippen molar-refractivity contribution in [1.82, 2.24) is 29.3 Å². The second-order valence-electron chi connectivity index (χ2n) is 7.56. The summed E-state index contributed by atoms with van der Waals surface area (Å²) in [4.78, 5) is 25.2. The monoisotopic (exact) mass is 444 g/mol. The number of hydrogen-bond acceptors (Lipinski definition) is 8. The van der Waals surface area contributed by atoms with Crippen LogP contribution in [0.25, 0.3) is 16.8 Å². The zero-order chi connectivity index (χ0) is 23.3. The number of nitrogens with zero attached hydrogens (tertiary/aromatic N) is 7. The van der Waals surface area contributed by atoms with Gasteiger partial charge in [0.25, 0.3) is 0 Å². The summed E-state index contributed by atoms with van der Waals surface area (Å²) in [6.45, 7) is 1.71. The standard InChI is InChI=1S/C22H17FN8O2/c1-11-14-6-13(23)3-4-16(14)31-19(27-10-28-22(31)32)7-15-20(17(8-24)30(2)29-15)12-5-18(33-11)21(25)26-9-12/h3-6,9-11H,7H2,1-2H3,(H2,25,26). The van der Waals surface area contributed by atoms with Gasteiger partial charge in [-0.05, 0) is 31.2 Å². The number of benzene rings is 1. The highest BCUT2D eigenvalue weighted by Crippen LogP contribution is 2.36. The first-order valence-electron chi connectivity index (χ1n) is 9.98. The molecule has 11 heteroatoms. The highest BCUT2D eigenvalue weighted by atomic mass is 19.1. The summed E-state index contributed by atoms with van der Waals surface area (Å²) in [7, 11) is 1.65. The molecule has 3 aromatic heterocycles. The summed E-state index contributed by atoms with van der Waals surface area (Å²) >= 11 is 0. The van der Waals surface area contributed by atoms with Gasteiger partial charge < -0.3 is 10.5 Å². The van der Waals surface area contributed by atoms with Crippen LogP contribution >= 0.6 is 0 Å². The van der Waals surface area contributed by atoms with Gasteiger partial charge in [0.1, 0.15) is 35.8 Å². The van der Waals surface area contributed by atoms with Crippen LogP contribution < -0.4 is 16.2 Å². The third-order valence-electron chi connectivity index (χ3n) is 5.52. The van der Waals surface area contributed by atoms with E-state index < -0.39 is 17.6 Å². The molecule has 1 atom stereocenters. The number of pyridine rings is 1. The number of aromatic nitrogens is 6. The van der Waals surface area contributed by atoms with Crippen LogP contribution in [-0.2, 0) is 13.5 Å². The van der Waals surface area contributed by atoms with Gasteiger partial charge in [0, 0.05) is 29.9 Å². The van der Waals surface area contributed by atoms with Gasteiger partial charge in [-0.25, -0.2) is 23.7 Å². The van der Waals surface area contributed by atoms with Crippen LogP contribution in [-0.4, -0.2) is 29.3 Å². The highest BCUT2D eigenvalue weighted by molar-refractivity contribution is 5.74. The predicted molar refractivity (Wildman–Crippen MR) is 115 cm³/mol. The number of hydrogen-bond donors (Lipinski definition) is 1. The molecule has 1 aliphatic heterocycles. The second kappa shape index (κ2) is 7.52. The van der Waals surface area contributed by atoms with E-state index >= 15 is 0 Å². The van der Waals surface area contributed by atoms with Gasteiger partial charge in [-0.15, -0.1) is 0 Å². The predicted octanol–water partition coefficient (Wildman–Crippen LogP) is 2.06. The van der Waals surface area contributed by atoms with Gasteiger partial charge in [-0.1, -0.05) is 0 Å². The van der Waals surface area contributed by atoms with Gasteiger partial charge in [0.2, 0.25) is 0 Å². The van der Waals surface area contributed by atoms with Crippen LogP contribution in [0.5, 0.6) is 5.75 Å². The van der Waals surface area contributed by atoms with Crippen LogP contribution in [0.3, 0.4) is 0 Å². The first kappa shape index (κ1) is 20.3. The van der Waals surface area contributed by atoms with Crippen LogP contribution in [0.1, 0.15) is 35.8 Å². The normalized spacial score (nSPS) is 14.5. The molecule has 0 saturated carbocycles. The van der Waals surface area contributed by atoms with E-state index in [4.69, 9.17) is 10.5 Å². The van der Waals surface area contributed by atoms with E-state index in [9.17, 15) is 14.4 Å². The van der Waals surface area contributed by atoms with Gasteiger partial charge in [0.05, 0.1) is 17.8 Å². The third kappa shape index (κ3) is 3.28. The Kier molecular flexibility index (Phi) is 4.63. The Balaban J connectivity index is 1.88. The number of nitrogen functional groups attached to an aromatic ring is 1. The maximum absolute atomic E-state index is 14.2. The zero-order valence-electron chi connectivity index (χ0n) is 17.7. The second-order valence-corrected chi connectivity index (χ2v) is 7.56. The van der Waals surface area contributed by atoms with E-state index in [0.717, 1.165) is 0 Å². The molecule has 4 heterocycles. The van der Waals surface area contributed by atoms with E-state index in [2.05, 4.69) is 26.1 Å². The molecule has 4 aromatic rings. The fraction of sp³-hybridized carbons (Fsp3) is 0.182. The summed E-state index contributed by atoms with van der Waals surface area (Å²) in [6.07, 6.45) is 2.09. The van der Waals surface area contributed by atoms with Gasteiger partial charge in [-0.3, -0.25) is 4.68 Å². The van der Waals surface area contributed by atoms with Crippen LogP contribution in [0.2, 0.25) is 0 Å². The molecule has 33 heavy (non-hydrogen) atoms. The van der Waals surface area contributed by atoms with E-state index in [1.165, 1.54) is 40.0 Å². The minimum Gasteiger partial charge on any atom is -0.482 e. The van der Waals surface area contributed by atoms with Crippen molar-refractivity contribution in [2.75, 3.05) is 5.73 Å². The average Bonchev–Trinajstić information content (AvgIpc) is 3.09. The van der Waals surface area contributed by atoms with Crippen LogP contribution in [0.15, 0.2) is 41.6 Å². The smallest absolute Gasteiger partial charge is 0.355 e. The first-order chi connectivity index (χ1) is 15.9. The van der Waals surface area contributed by atoms with E-state index in [1.807, 2.05) is 0 Å². The van der Waals surface area contributed by atoms with E-state index in [1.54, 1.807) is 20.0 Å². The molecule has 10 nitrogen and oxygen atoms in total. The number of nitrogens with two attached hydrogens (primary N) is 1. The SMILES string of the molecule is CC1Oc2cc(cnc2N)-c2c(nn(C)c2C#N)Cc2ncnc(=O)n2-c2ccc(F)cc21. The molecule has 0 aliphatic carbocycles. The van der Waals surface area contributed by atoms with Crippen LogP contribution in [0.4, 0.5) is 10.2 Å². The average molecular weight is 444 g/mol. The molecule has 0 amide bonds. The minimum atomic E-state index is -0.710. The summed E-state index contributed by atoms with van der Waals surface area (Å²) in [5.74, 6) is 0.216. The molecular weight excluding hydrogens is 427 g/mol. The Bertz CT molecular complexity index is 1520. The highest BCUT2D eigenvalue weighted by Gasteiger charge is 2.25. The Labute approximate surface area is 186 Å². The fourth-order valence-corrected chi connectivity index (χ4v) is 4.02. The largest absolute Gasteiger partial charge is 0.482 e. The number of nitriles is 1. The molecule has 1 unspecified atom stereocenters. The van der Waals surface area contributed by atoms with Gasteiger partial charge in [0.15, 0.2) is 11.6 Å². The Morgan fingerprint density at radius 3 is 2.88 bits per heavy atom. The molecule has 2 N–H and O–H groups in total. The lowest BCUT2D eigenvalue weighted by Gasteiger charge is -2.22. The Hall–Kier alpha value is -4.59. The summed E-state index contributed by atoms with van der Waals surface area (Å²) < 4.78 is 23.1. The first-order valence-corrected chi connectivity index (χ1v) is 9.98.